The normalized spacial score (nSPS) is 20.2. The third-order valence-corrected chi connectivity index (χ3v) is 4.83. The molecule has 128 valence electrons. The molecule has 0 saturated carbocycles. The maximum Gasteiger partial charge on any atom is 0.241 e. The highest BCUT2D eigenvalue weighted by atomic mass is 16.2. The highest BCUT2D eigenvalue weighted by Gasteiger charge is 2.17. The number of carbonyl (C=O) groups is 1. The second kappa shape index (κ2) is 9.04. The SMILES string of the molecule is Cc1ccc(C(N)C(=O)NCCCCN2CCCCC2C)cc1. The number of amides is 1. The molecule has 0 spiro atoms. The van der Waals surface area contributed by atoms with Crippen LogP contribution in [0.1, 0.15) is 56.2 Å². The van der Waals surface area contributed by atoms with Crippen LogP contribution in [0.3, 0.4) is 0 Å². The van der Waals surface area contributed by atoms with Gasteiger partial charge in [0, 0.05) is 12.6 Å². The van der Waals surface area contributed by atoms with Crippen molar-refractivity contribution in [2.24, 2.45) is 5.73 Å². The molecule has 0 aliphatic carbocycles. The average molecular weight is 317 g/mol. The van der Waals surface area contributed by atoms with Crippen molar-refractivity contribution in [2.45, 2.75) is 58.0 Å². The molecule has 1 saturated heterocycles. The zero-order valence-corrected chi connectivity index (χ0v) is 14.6. The van der Waals surface area contributed by atoms with Gasteiger partial charge in [-0.15, -0.1) is 0 Å². The first-order chi connectivity index (χ1) is 11.1. The van der Waals surface area contributed by atoms with Gasteiger partial charge in [0.25, 0.3) is 0 Å². The smallest absolute Gasteiger partial charge is 0.241 e. The van der Waals surface area contributed by atoms with Gasteiger partial charge in [-0.1, -0.05) is 36.2 Å². The summed E-state index contributed by atoms with van der Waals surface area (Å²) >= 11 is 0. The van der Waals surface area contributed by atoms with Crippen LogP contribution in [0.15, 0.2) is 24.3 Å². The number of nitrogens with one attached hydrogen (secondary N) is 1. The Morgan fingerprint density at radius 2 is 2.04 bits per heavy atom. The maximum absolute atomic E-state index is 12.1. The number of likely N-dealkylation sites (tertiary alicyclic amines) is 1. The van der Waals surface area contributed by atoms with Crippen molar-refractivity contribution in [3.8, 4) is 0 Å². The third kappa shape index (κ3) is 5.63. The molecule has 1 aromatic carbocycles. The number of piperidine rings is 1. The minimum Gasteiger partial charge on any atom is -0.354 e. The number of unbranched alkanes of at least 4 members (excludes halogenated alkanes) is 1. The first-order valence-corrected chi connectivity index (χ1v) is 8.92. The van der Waals surface area contributed by atoms with Crippen LogP contribution in [-0.4, -0.2) is 36.5 Å². The van der Waals surface area contributed by atoms with Crippen LogP contribution in [0.2, 0.25) is 0 Å². The van der Waals surface area contributed by atoms with Crippen LogP contribution >= 0.6 is 0 Å². The van der Waals surface area contributed by atoms with E-state index in [0.29, 0.717) is 12.6 Å². The van der Waals surface area contributed by atoms with E-state index in [1.54, 1.807) is 0 Å². The number of benzene rings is 1. The summed E-state index contributed by atoms with van der Waals surface area (Å²) in [5.41, 5.74) is 8.06. The Kier molecular flexibility index (Phi) is 7.06. The van der Waals surface area contributed by atoms with Gasteiger partial charge >= 0.3 is 0 Å². The van der Waals surface area contributed by atoms with E-state index in [2.05, 4.69) is 17.1 Å². The van der Waals surface area contributed by atoms with E-state index in [9.17, 15) is 4.79 Å². The molecule has 2 atom stereocenters. The van der Waals surface area contributed by atoms with Crippen LogP contribution in [0.25, 0.3) is 0 Å². The molecule has 1 heterocycles. The number of rotatable bonds is 7. The zero-order valence-electron chi connectivity index (χ0n) is 14.6. The van der Waals surface area contributed by atoms with Crippen LogP contribution in [0.5, 0.6) is 0 Å². The van der Waals surface area contributed by atoms with Gasteiger partial charge < -0.3 is 16.0 Å². The molecule has 2 unspecified atom stereocenters. The highest BCUT2D eigenvalue weighted by molar-refractivity contribution is 5.82. The lowest BCUT2D eigenvalue weighted by molar-refractivity contribution is -0.122. The van der Waals surface area contributed by atoms with Gasteiger partial charge in [-0.2, -0.15) is 0 Å². The van der Waals surface area contributed by atoms with Crippen LogP contribution in [0.4, 0.5) is 0 Å². The van der Waals surface area contributed by atoms with Gasteiger partial charge in [-0.05, 0) is 58.2 Å². The second-order valence-electron chi connectivity index (χ2n) is 6.77. The van der Waals surface area contributed by atoms with Crippen molar-refractivity contribution in [3.63, 3.8) is 0 Å². The van der Waals surface area contributed by atoms with Gasteiger partial charge in [-0.3, -0.25) is 4.79 Å². The quantitative estimate of drug-likeness (QED) is 0.760. The summed E-state index contributed by atoms with van der Waals surface area (Å²) in [6.45, 7) is 7.42. The zero-order chi connectivity index (χ0) is 16.7. The van der Waals surface area contributed by atoms with Crippen molar-refractivity contribution >= 4 is 5.91 Å². The number of aryl methyl sites for hydroxylation is 1. The van der Waals surface area contributed by atoms with Crippen LogP contribution < -0.4 is 11.1 Å². The molecule has 0 bridgehead atoms. The topological polar surface area (TPSA) is 58.4 Å². The molecule has 1 aliphatic rings. The van der Waals surface area contributed by atoms with Crippen LogP contribution in [0, 0.1) is 6.92 Å². The Labute approximate surface area is 140 Å². The Bertz CT molecular complexity index is 486. The predicted octanol–water partition coefficient (Wildman–Crippen LogP) is 2.77. The minimum absolute atomic E-state index is 0.0832. The third-order valence-electron chi connectivity index (χ3n) is 4.83. The highest BCUT2D eigenvalue weighted by Crippen LogP contribution is 2.16. The molecule has 0 radical (unpaired) electrons. The predicted molar refractivity (Wildman–Crippen MR) is 95.2 cm³/mol. The van der Waals surface area contributed by atoms with Crippen LogP contribution in [-0.2, 0) is 4.79 Å². The van der Waals surface area contributed by atoms with Gasteiger partial charge in [0.15, 0.2) is 0 Å². The standard InChI is InChI=1S/C19H31N3O/c1-15-8-10-17(11-9-15)18(20)19(23)21-12-4-6-14-22-13-5-3-7-16(22)2/h8-11,16,18H,3-7,12-14,20H2,1-2H3,(H,21,23). The van der Waals surface area contributed by atoms with Crippen molar-refractivity contribution < 1.29 is 4.79 Å². The number of hydrogen-bond donors (Lipinski definition) is 2. The summed E-state index contributed by atoms with van der Waals surface area (Å²) in [4.78, 5) is 14.7. The molecule has 1 amide bonds. The van der Waals surface area contributed by atoms with E-state index in [0.717, 1.165) is 24.9 Å². The molecule has 4 heteroatoms. The first-order valence-electron chi connectivity index (χ1n) is 8.92. The molecule has 4 nitrogen and oxygen atoms in total. The van der Waals surface area contributed by atoms with E-state index in [-0.39, 0.29) is 5.91 Å². The summed E-state index contributed by atoms with van der Waals surface area (Å²) < 4.78 is 0. The lowest BCUT2D eigenvalue weighted by atomic mass is 10.0. The van der Waals surface area contributed by atoms with Gasteiger partial charge in [-0.25, -0.2) is 0 Å². The number of nitrogens with zero attached hydrogens (tertiary/aromatic N) is 1. The molecule has 0 aromatic heterocycles. The molecule has 3 N–H and O–H groups in total. The van der Waals surface area contributed by atoms with Gasteiger partial charge in [0.2, 0.25) is 5.91 Å². The first kappa shape index (κ1) is 18.0. The van der Waals surface area contributed by atoms with Crippen molar-refractivity contribution in [1.29, 1.82) is 0 Å². The molecule has 1 aromatic rings. The molecule has 2 rings (SSSR count). The Morgan fingerprint density at radius 1 is 1.30 bits per heavy atom. The molecular weight excluding hydrogens is 286 g/mol. The van der Waals surface area contributed by atoms with E-state index >= 15 is 0 Å². The summed E-state index contributed by atoms with van der Waals surface area (Å²) in [6.07, 6.45) is 6.15. The Morgan fingerprint density at radius 3 is 2.74 bits per heavy atom. The van der Waals surface area contributed by atoms with E-state index in [1.807, 2.05) is 31.2 Å². The number of carbonyl (C=O) groups excluding carboxylic acids is 1. The second-order valence-corrected chi connectivity index (χ2v) is 6.77. The Balaban J connectivity index is 1.63. The van der Waals surface area contributed by atoms with Crippen molar-refractivity contribution in [2.75, 3.05) is 19.6 Å². The average Bonchev–Trinajstić information content (AvgIpc) is 2.56. The molecule has 23 heavy (non-hydrogen) atoms. The molecule has 1 fully saturated rings. The maximum atomic E-state index is 12.1. The van der Waals surface area contributed by atoms with Crippen molar-refractivity contribution in [3.05, 3.63) is 35.4 Å². The summed E-state index contributed by atoms with van der Waals surface area (Å²) in [5.74, 6) is -0.0832. The monoisotopic (exact) mass is 317 g/mol. The summed E-state index contributed by atoms with van der Waals surface area (Å²) in [7, 11) is 0. The summed E-state index contributed by atoms with van der Waals surface area (Å²) in [5, 5.41) is 2.96. The minimum atomic E-state index is -0.572. The van der Waals surface area contributed by atoms with Crippen molar-refractivity contribution in [1.82, 2.24) is 10.2 Å². The molecule has 1 aliphatic heterocycles. The van der Waals surface area contributed by atoms with E-state index in [1.165, 1.54) is 31.4 Å². The van der Waals surface area contributed by atoms with E-state index < -0.39 is 6.04 Å². The molecular formula is C19H31N3O. The van der Waals surface area contributed by atoms with Gasteiger partial charge in [0.05, 0.1) is 0 Å². The Hall–Kier alpha value is -1.39. The fraction of sp³-hybridized carbons (Fsp3) is 0.632. The van der Waals surface area contributed by atoms with E-state index in [4.69, 9.17) is 5.73 Å². The fourth-order valence-electron chi connectivity index (χ4n) is 3.18. The largest absolute Gasteiger partial charge is 0.354 e. The summed E-state index contributed by atoms with van der Waals surface area (Å²) in [6, 6.07) is 7.98. The van der Waals surface area contributed by atoms with Gasteiger partial charge in [0.1, 0.15) is 6.04 Å². The lowest BCUT2D eigenvalue weighted by Crippen LogP contribution is -2.38. The lowest BCUT2D eigenvalue weighted by Gasteiger charge is -2.33. The number of hydrogen-bond acceptors (Lipinski definition) is 3. The fourth-order valence-corrected chi connectivity index (χ4v) is 3.18. The number of nitrogens with two attached hydrogens (primary N) is 1.